The number of thiazole rings is 1. The zero-order valence-corrected chi connectivity index (χ0v) is 12.8. The first-order valence-electron chi connectivity index (χ1n) is 6.71. The molecule has 0 saturated carbocycles. The SMILES string of the molecule is NC(=O)[C@H]1CCCN(Cc2csc(-c3ccsc3)n2)C1. The standard InChI is InChI=1S/C14H17N3OS2/c15-13(18)10-2-1-4-17(6-10)7-12-9-20-14(16-12)11-3-5-19-8-11/h3,5,8-10H,1-2,4,6-7H2,(H2,15,18)/t10-/m0/s1. The Kier molecular flexibility index (Phi) is 4.14. The summed E-state index contributed by atoms with van der Waals surface area (Å²) in [4.78, 5) is 18.3. The second-order valence-electron chi connectivity index (χ2n) is 5.13. The third-order valence-electron chi connectivity index (χ3n) is 3.61. The van der Waals surface area contributed by atoms with Gasteiger partial charge in [0.1, 0.15) is 5.01 Å². The van der Waals surface area contributed by atoms with Crippen LogP contribution < -0.4 is 5.73 Å². The van der Waals surface area contributed by atoms with Gasteiger partial charge in [0.15, 0.2) is 0 Å². The number of nitrogens with zero attached hydrogens (tertiary/aromatic N) is 2. The molecule has 1 saturated heterocycles. The van der Waals surface area contributed by atoms with E-state index in [4.69, 9.17) is 5.73 Å². The molecule has 2 aromatic heterocycles. The van der Waals surface area contributed by atoms with Crippen LogP contribution in [-0.2, 0) is 11.3 Å². The van der Waals surface area contributed by atoms with Crippen molar-refractivity contribution >= 4 is 28.6 Å². The van der Waals surface area contributed by atoms with Gasteiger partial charge in [0.2, 0.25) is 5.91 Å². The largest absolute Gasteiger partial charge is 0.369 e. The third-order valence-corrected chi connectivity index (χ3v) is 5.24. The van der Waals surface area contributed by atoms with Crippen LogP contribution in [0.1, 0.15) is 18.5 Å². The summed E-state index contributed by atoms with van der Waals surface area (Å²) >= 11 is 3.37. The Labute approximate surface area is 126 Å². The van der Waals surface area contributed by atoms with Crippen molar-refractivity contribution in [2.24, 2.45) is 11.7 Å². The minimum Gasteiger partial charge on any atom is -0.369 e. The molecular weight excluding hydrogens is 290 g/mol. The van der Waals surface area contributed by atoms with Crippen molar-refractivity contribution < 1.29 is 4.79 Å². The molecule has 1 aliphatic heterocycles. The van der Waals surface area contributed by atoms with Crippen LogP contribution in [0.5, 0.6) is 0 Å². The van der Waals surface area contributed by atoms with Gasteiger partial charge in [-0.1, -0.05) is 0 Å². The van der Waals surface area contributed by atoms with E-state index in [0.717, 1.165) is 43.2 Å². The van der Waals surface area contributed by atoms with E-state index in [1.807, 2.05) is 0 Å². The lowest BCUT2D eigenvalue weighted by atomic mass is 9.97. The van der Waals surface area contributed by atoms with E-state index in [9.17, 15) is 4.79 Å². The van der Waals surface area contributed by atoms with Crippen molar-refractivity contribution in [3.63, 3.8) is 0 Å². The normalized spacial score (nSPS) is 20.1. The smallest absolute Gasteiger partial charge is 0.221 e. The fourth-order valence-corrected chi connectivity index (χ4v) is 4.08. The Morgan fingerprint density at radius 1 is 1.50 bits per heavy atom. The zero-order valence-electron chi connectivity index (χ0n) is 11.1. The summed E-state index contributed by atoms with van der Waals surface area (Å²) in [5.41, 5.74) is 7.69. The number of aromatic nitrogens is 1. The quantitative estimate of drug-likeness (QED) is 0.944. The number of amides is 1. The summed E-state index contributed by atoms with van der Waals surface area (Å²) in [6.07, 6.45) is 1.96. The number of primary amides is 1. The molecule has 3 rings (SSSR count). The van der Waals surface area contributed by atoms with Crippen LogP contribution >= 0.6 is 22.7 Å². The molecule has 4 nitrogen and oxygen atoms in total. The average Bonchev–Trinajstić information content (AvgIpc) is 3.09. The molecule has 0 radical (unpaired) electrons. The van der Waals surface area contributed by atoms with Gasteiger partial charge in [-0.2, -0.15) is 11.3 Å². The zero-order chi connectivity index (χ0) is 13.9. The van der Waals surface area contributed by atoms with Gasteiger partial charge >= 0.3 is 0 Å². The Bertz CT molecular complexity index is 579. The molecule has 0 aliphatic carbocycles. The molecule has 0 aromatic carbocycles. The van der Waals surface area contributed by atoms with E-state index in [-0.39, 0.29) is 11.8 Å². The topological polar surface area (TPSA) is 59.2 Å². The number of likely N-dealkylation sites (tertiary alicyclic amines) is 1. The van der Waals surface area contributed by atoms with Crippen molar-refractivity contribution in [2.45, 2.75) is 19.4 Å². The summed E-state index contributed by atoms with van der Waals surface area (Å²) in [5, 5.41) is 7.37. The predicted octanol–water partition coefficient (Wildman–Crippen LogP) is 2.57. The number of carbonyl (C=O) groups is 1. The van der Waals surface area contributed by atoms with Crippen LogP contribution in [0.2, 0.25) is 0 Å². The molecule has 1 fully saturated rings. The summed E-state index contributed by atoms with van der Waals surface area (Å²) in [7, 11) is 0. The highest BCUT2D eigenvalue weighted by atomic mass is 32.1. The second-order valence-corrected chi connectivity index (χ2v) is 6.77. The van der Waals surface area contributed by atoms with Crippen molar-refractivity contribution in [1.29, 1.82) is 0 Å². The molecule has 3 heterocycles. The molecule has 0 bridgehead atoms. The van der Waals surface area contributed by atoms with Crippen molar-refractivity contribution in [1.82, 2.24) is 9.88 Å². The summed E-state index contributed by atoms with van der Waals surface area (Å²) < 4.78 is 0. The van der Waals surface area contributed by atoms with E-state index < -0.39 is 0 Å². The summed E-state index contributed by atoms with van der Waals surface area (Å²) in [5.74, 6) is -0.175. The predicted molar refractivity (Wildman–Crippen MR) is 82.6 cm³/mol. The maximum Gasteiger partial charge on any atom is 0.221 e. The highest BCUT2D eigenvalue weighted by molar-refractivity contribution is 7.14. The fraction of sp³-hybridized carbons (Fsp3) is 0.429. The van der Waals surface area contributed by atoms with Crippen LogP contribution in [-0.4, -0.2) is 28.9 Å². The number of piperidine rings is 1. The molecule has 1 aliphatic rings. The Morgan fingerprint density at radius 2 is 2.40 bits per heavy atom. The van der Waals surface area contributed by atoms with Gasteiger partial charge in [-0.3, -0.25) is 9.69 Å². The van der Waals surface area contributed by atoms with E-state index in [2.05, 4.69) is 32.1 Å². The molecule has 2 aromatic rings. The number of rotatable bonds is 4. The highest BCUT2D eigenvalue weighted by Gasteiger charge is 2.24. The minimum atomic E-state index is -0.174. The lowest BCUT2D eigenvalue weighted by Gasteiger charge is -2.30. The van der Waals surface area contributed by atoms with Crippen LogP contribution in [0.3, 0.4) is 0 Å². The molecule has 0 unspecified atom stereocenters. The van der Waals surface area contributed by atoms with Gasteiger partial charge in [-0.25, -0.2) is 4.98 Å². The van der Waals surface area contributed by atoms with Gasteiger partial charge in [0.25, 0.3) is 0 Å². The number of nitrogens with two attached hydrogens (primary N) is 1. The van der Waals surface area contributed by atoms with Crippen LogP contribution in [0.4, 0.5) is 0 Å². The fourth-order valence-electron chi connectivity index (χ4n) is 2.56. The van der Waals surface area contributed by atoms with Crippen LogP contribution in [0.25, 0.3) is 10.6 Å². The molecule has 6 heteroatoms. The number of thiophene rings is 1. The highest BCUT2D eigenvalue weighted by Crippen LogP contribution is 2.27. The summed E-state index contributed by atoms with van der Waals surface area (Å²) in [6.45, 7) is 2.60. The monoisotopic (exact) mass is 307 g/mol. The first kappa shape index (κ1) is 13.7. The molecule has 2 N–H and O–H groups in total. The molecule has 0 spiro atoms. The number of carbonyl (C=O) groups excluding carboxylic acids is 1. The van der Waals surface area contributed by atoms with Crippen molar-refractivity contribution in [3.05, 3.63) is 27.9 Å². The Hall–Kier alpha value is -1.24. The Balaban J connectivity index is 1.64. The van der Waals surface area contributed by atoms with Gasteiger partial charge in [0, 0.05) is 29.4 Å². The van der Waals surface area contributed by atoms with Crippen molar-refractivity contribution in [2.75, 3.05) is 13.1 Å². The molecule has 20 heavy (non-hydrogen) atoms. The molecular formula is C14H17N3OS2. The van der Waals surface area contributed by atoms with Crippen molar-refractivity contribution in [3.8, 4) is 10.6 Å². The molecule has 106 valence electrons. The number of hydrogen-bond acceptors (Lipinski definition) is 5. The van der Waals surface area contributed by atoms with E-state index in [1.165, 1.54) is 5.56 Å². The lowest BCUT2D eigenvalue weighted by Crippen LogP contribution is -2.40. The third kappa shape index (κ3) is 3.08. The first-order valence-corrected chi connectivity index (χ1v) is 8.53. The first-order chi connectivity index (χ1) is 9.72. The second kappa shape index (κ2) is 6.03. The van der Waals surface area contributed by atoms with E-state index >= 15 is 0 Å². The van der Waals surface area contributed by atoms with Gasteiger partial charge in [-0.05, 0) is 30.8 Å². The molecule has 1 amide bonds. The van der Waals surface area contributed by atoms with Gasteiger partial charge in [0.05, 0.1) is 11.6 Å². The lowest BCUT2D eigenvalue weighted by molar-refractivity contribution is -0.123. The Morgan fingerprint density at radius 3 is 3.15 bits per heavy atom. The van der Waals surface area contributed by atoms with Crippen LogP contribution in [0.15, 0.2) is 22.2 Å². The van der Waals surface area contributed by atoms with E-state index in [0.29, 0.717) is 0 Å². The van der Waals surface area contributed by atoms with Gasteiger partial charge < -0.3 is 5.73 Å². The van der Waals surface area contributed by atoms with E-state index in [1.54, 1.807) is 22.7 Å². The maximum absolute atomic E-state index is 11.3. The average molecular weight is 307 g/mol. The molecule has 1 atom stereocenters. The summed E-state index contributed by atoms with van der Waals surface area (Å²) in [6, 6.07) is 2.09. The number of hydrogen-bond donors (Lipinski definition) is 1. The van der Waals surface area contributed by atoms with Crippen LogP contribution in [0, 0.1) is 5.92 Å². The van der Waals surface area contributed by atoms with Gasteiger partial charge in [-0.15, -0.1) is 11.3 Å². The maximum atomic E-state index is 11.3. The minimum absolute atomic E-state index is 0.00118.